The Hall–Kier alpha value is -0.930. The SMILES string of the molecule is CCC(C)(O)C(=O)Cc1cccc(Cl)c1F. The van der Waals surface area contributed by atoms with Gasteiger partial charge in [0.25, 0.3) is 0 Å². The minimum Gasteiger partial charge on any atom is -0.382 e. The Morgan fingerprint density at radius 3 is 2.75 bits per heavy atom. The third-order valence-corrected chi connectivity index (χ3v) is 2.96. The molecule has 0 saturated carbocycles. The first-order valence-electron chi connectivity index (χ1n) is 5.07. The van der Waals surface area contributed by atoms with Gasteiger partial charge in [0.1, 0.15) is 11.4 Å². The van der Waals surface area contributed by atoms with Gasteiger partial charge in [-0.1, -0.05) is 30.7 Å². The summed E-state index contributed by atoms with van der Waals surface area (Å²) in [6, 6.07) is 4.49. The molecule has 1 aromatic rings. The van der Waals surface area contributed by atoms with Gasteiger partial charge < -0.3 is 5.11 Å². The molecule has 1 rings (SSSR count). The van der Waals surface area contributed by atoms with Gasteiger partial charge in [0.15, 0.2) is 5.78 Å². The molecular weight excluding hydrogens is 231 g/mol. The van der Waals surface area contributed by atoms with Gasteiger partial charge in [-0.25, -0.2) is 4.39 Å². The molecular formula is C12H14ClFO2. The maximum Gasteiger partial charge on any atom is 0.168 e. The second-order valence-corrected chi connectivity index (χ2v) is 4.35. The third kappa shape index (κ3) is 2.80. The summed E-state index contributed by atoms with van der Waals surface area (Å²) in [5.41, 5.74) is -1.19. The average molecular weight is 245 g/mol. The van der Waals surface area contributed by atoms with Gasteiger partial charge in [-0.2, -0.15) is 0 Å². The Morgan fingerprint density at radius 2 is 2.19 bits per heavy atom. The van der Waals surface area contributed by atoms with Crippen LogP contribution in [0, 0.1) is 5.82 Å². The van der Waals surface area contributed by atoms with Crippen molar-refractivity contribution in [2.45, 2.75) is 32.3 Å². The van der Waals surface area contributed by atoms with E-state index in [0.717, 1.165) is 0 Å². The molecule has 0 bridgehead atoms. The van der Waals surface area contributed by atoms with Gasteiger partial charge in [0.2, 0.25) is 0 Å². The molecule has 0 amide bonds. The number of hydrogen-bond acceptors (Lipinski definition) is 2. The van der Waals surface area contributed by atoms with Crippen molar-refractivity contribution in [3.8, 4) is 0 Å². The Bertz CT molecular complexity index is 402. The Morgan fingerprint density at radius 1 is 1.56 bits per heavy atom. The number of halogens is 2. The van der Waals surface area contributed by atoms with Crippen LogP contribution in [0.2, 0.25) is 5.02 Å². The van der Waals surface area contributed by atoms with Crippen LogP contribution < -0.4 is 0 Å². The summed E-state index contributed by atoms with van der Waals surface area (Å²) < 4.78 is 13.5. The number of ketones is 1. The molecule has 0 aliphatic heterocycles. The van der Waals surface area contributed by atoms with Crippen molar-refractivity contribution in [2.75, 3.05) is 0 Å². The first-order valence-corrected chi connectivity index (χ1v) is 5.45. The van der Waals surface area contributed by atoms with E-state index in [9.17, 15) is 14.3 Å². The van der Waals surface area contributed by atoms with Crippen LogP contribution in [0.3, 0.4) is 0 Å². The number of carbonyl (C=O) groups is 1. The smallest absolute Gasteiger partial charge is 0.168 e. The maximum absolute atomic E-state index is 13.5. The molecule has 0 aliphatic rings. The van der Waals surface area contributed by atoms with E-state index >= 15 is 0 Å². The minimum absolute atomic E-state index is 0.0126. The van der Waals surface area contributed by atoms with Gasteiger partial charge in [0.05, 0.1) is 5.02 Å². The van der Waals surface area contributed by atoms with E-state index < -0.39 is 17.2 Å². The van der Waals surface area contributed by atoms with Gasteiger partial charge >= 0.3 is 0 Å². The van der Waals surface area contributed by atoms with Crippen molar-refractivity contribution in [1.29, 1.82) is 0 Å². The summed E-state index contributed by atoms with van der Waals surface area (Å²) >= 11 is 5.60. The lowest BCUT2D eigenvalue weighted by molar-refractivity contribution is -0.135. The standard InChI is InChI=1S/C12H14ClFO2/c1-3-12(2,16)10(15)7-8-5-4-6-9(13)11(8)14/h4-6,16H,3,7H2,1-2H3. The zero-order chi connectivity index (χ0) is 12.3. The predicted molar refractivity (Wildman–Crippen MR) is 61.0 cm³/mol. The fraction of sp³-hybridized carbons (Fsp3) is 0.417. The third-order valence-electron chi connectivity index (χ3n) is 2.67. The molecule has 1 unspecified atom stereocenters. The maximum atomic E-state index is 13.5. The van der Waals surface area contributed by atoms with E-state index in [1.54, 1.807) is 13.0 Å². The van der Waals surface area contributed by atoms with E-state index in [1.165, 1.54) is 19.1 Å². The summed E-state index contributed by atoms with van der Waals surface area (Å²) in [5, 5.41) is 9.70. The quantitative estimate of drug-likeness (QED) is 0.884. The fourth-order valence-electron chi connectivity index (χ4n) is 1.25. The molecule has 0 radical (unpaired) electrons. The van der Waals surface area contributed by atoms with Crippen LogP contribution in [-0.4, -0.2) is 16.5 Å². The normalized spacial score (nSPS) is 14.6. The first kappa shape index (κ1) is 13.1. The van der Waals surface area contributed by atoms with Crippen molar-refractivity contribution in [3.05, 3.63) is 34.6 Å². The number of hydrogen-bond donors (Lipinski definition) is 1. The Labute approximate surface area is 99.0 Å². The lowest BCUT2D eigenvalue weighted by Gasteiger charge is -2.19. The largest absolute Gasteiger partial charge is 0.382 e. The summed E-state index contributed by atoms with van der Waals surface area (Å²) in [6.07, 6.45) is 0.154. The number of carbonyl (C=O) groups excluding carboxylic acids is 1. The number of benzene rings is 1. The van der Waals surface area contributed by atoms with Crippen molar-refractivity contribution in [1.82, 2.24) is 0 Å². The first-order chi connectivity index (χ1) is 7.38. The highest BCUT2D eigenvalue weighted by Gasteiger charge is 2.28. The molecule has 16 heavy (non-hydrogen) atoms. The van der Waals surface area contributed by atoms with Crippen LogP contribution in [0.1, 0.15) is 25.8 Å². The van der Waals surface area contributed by atoms with Crippen molar-refractivity contribution in [2.24, 2.45) is 0 Å². The van der Waals surface area contributed by atoms with Crippen molar-refractivity contribution < 1.29 is 14.3 Å². The Balaban J connectivity index is 2.90. The molecule has 88 valence electrons. The fourth-order valence-corrected chi connectivity index (χ4v) is 1.44. The van der Waals surface area contributed by atoms with E-state index in [4.69, 9.17) is 11.6 Å². The molecule has 1 N–H and O–H groups in total. The van der Waals surface area contributed by atoms with Gasteiger partial charge in [-0.05, 0) is 25.0 Å². The number of aliphatic hydroxyl groups is 1. The molecule has 1 atom stereocenters. The summed E-state index contributed by atoms with van der Waals surface area (Å²) in [5.74, 6) is -0.999. The van der Waals surface area contributed by atoms with Crippen molar-refractivity contribution >= 4 is 17.4 Å². The zero-order valence-electron chi connectivity index (χ0n) is 9.26. The predicted octanol–water partition coefficient (Wildman–Crippen LogP) is 2.75. The van der Waals surface area contributed by atoms with E-state index in [1.807, 2.05) is 0 Å². The van der Waals surface area contributed by atoms with Gasteiger partial charge in [-0.3, -0.25) is 4.79 Å². The monoisotopic (exact) mass is 244 g/mol. The van der Waals surface area contributed by atoms with Gasteiger partial charge in [-0.15, -0.1) is 0 Å². The Kier molecular flexibility index (Phi) is 4.05. The molecule has 0 saturated heterocycles. The summed E-state index contributed by atoms with van der Waals surface area (Å²) in [7, 11) is 0. The van der Waals surface area contributed by atoms with Crippen LogP contribution in [-0.2, 0) is 11.2 Å². The lowest BCUT2D eigenvalue weighted by atomic mass is 9.93. The highest BCUT2D eigenvalue weighted by atomic mass is 35.5. The summed E-state index contributed by atoms with van der Waals surface area (Å²) in [4.78, 5) is 11.7. The highest BCUT2D eigenvalue weighted by Crippen LogP contribution is 2.21. The van der Waals surface area contributed by atoms with Crippen LogP contribution in [0.4, 0.5) is 4.39 Å². The van der Waals surface area contributed by atoms with Crippen molar-refractivity contribution in [3.63, 3.8) is 0 Å². The number of Topliss-reactive ketones (excluding diaryl/α,β-unsaturated/α-hetero) is 1. The van der Waals surface area contributed by atoms with Crippen LogP contribution >= 0.6 is 11.6 Å². The minimum atomic E-state index is -1.41. The van der Waals surface area contributed by atoms with Gasteiger partial charge in [0, 0.05) is 6.42 Å². The number of rotatable bonds is 4. The van der Waals surface area contributed by atoms with Crippen LogP contribution in [0.25, 0.3) is 0 Å². The second-order valence-electron chi connectivity index (χ2n) is 3.94. The molecule has 0 aliphatic carbocycles. The van der Waals surface area contributed by atoms with Crippen LogP contribution in [0.15, 0.2) is 18.2 Å². The van der Waals surface area contributed by atoms with E-state index in [-0.39, 0.29) is 17.0 Å². The zero-order valence-corrected chi connectivity index (χ0v) is 10.0. The highest BCUT2D eigenvalue weighted by molar-refractivity contribution is 6.30. The topological polar surface area (TPSA) is 37.3 Å². The average Bonchev–Trinajstić information content (AvgIpc) is 2.24. The second kappa shape index (κ2) is 4.93. The molecule has 0 fully saturated rings. The summed E-state index contributed by atoms with van der Waals surface area (Å²) in [6.45, 7) is 3.13. The molecule has 4 heteroatoms. The molecule has 0 heterocycles. The van der Waals surface area contributed by atoms with E-state index in [0.29, 0.717) is 6.42 Å². The molecule has 0 spiro atoms. The molecule has 2 nitrogen and oxygen atoms in total. The molecule has 1 aromatic carbocycles. The molecule has 0 aromatic heterocycles. The lowest BCUT2D eigenvalue weighted by Crippen LogP contribution is -2.35. The van der Waals surface area contributed by atoms with E-state index in [2.05, 4.69) is 0 Å². The van der Waals surface area contributed by atoms with Crippen LogP contribution in [0.5, 0.6) is 0 Å².